The first-order valence-electron chi connectivity index (χ1n) is 23.0. The van der Waals surface area contributed by atoms with Gasteiger partial charge in [-0.2, -0.15) is 0 Å². The van der Waals surface area contributed by atoms with Gasteiger partial charge in [0.15, 0.2) is 11.6 Å². The Labute approximate surface area is 439 Å². The highest BCUT2D eigenvalue weighted by molar-refractivity contribution is 6.08. The lowest BCUT2D eigenvalue weighted by Gasteiger charge is -2.35. The van der Waals surface area contributed by atoms with Gasteiger partial charge < -0.3 is 58.0 Å². The van der Waals surface area contributed by atoms with Crippen molar-refractivity contribution in [1.29, 1.82) is 0 Å². The van der Waals surface area contributed by atoms with E-state index in [9.17, 15) is 63.3 Å². The summed E-state index contributed by atoms with van der Waals surface area (Å²) in [7, 11) is 3.24. The molecule has 0 saturated heterocycles. The zero-order valence-electron chi connectivity index (χ0n) is 41.7. The van der Waals surface area contributed by atoms with Crippen LogP contribution in [0.1, 0.15) is 104 Å². The lowest BCUT2D eigenvalue weighted by atomic mass is 9.90. The fraction of sp³-hybridized carbons (Fsp3) is 0.273. The lowest BCUT2D eigenvalue weighted by Crippen LogP contribution is -2.46. The molecule has 1 atom stereocenters. The molecule has 0 aliphatic rings. The number of benzene rings is 5. The van der Waals surface area contributed by atoms with Crippen molar-refractivity contribution in [3.05, 3.63) is 177 Å². The van der Waals surface area contributed by atoms with Crippen LogP contribution in [0.2, 0.25) is 0 Å². The molecular formula is C55H52O22. The average molecular weight is 1060 g/mol. The van der Waals surface area contributed by atoms with E-state index in [1.54, 1.807) is 0 Å². The number of ketones is 2. The molecular weight excluding hydrogens is 1010 g/mol. The third kappa shape index (κ3) is 15.1. The maximum absolute atomic E-state index is 13.9. The first kappa shape index (κ1) is 58.9. The van der Waals surface area contributed by atoms with Crippen molar-refractivity contribution in [3.63, 3.8) is 0 Å². The number of esters is 8. The van der Waals surface area contributed by atoms with Crippen LogP contribution in [0.3, 0.4) is 0 Å². The van der Waals surface area contributed by atoms with E-state index in [4.69, 9.17) is 42.6 Å². The number of carbonyl (C=O) groups is 10. The average Bonchev–Trinajstić information content (AvgIpc) is 3.48. The molecule has 0 aliphatic heterocycles. The Kier molecular flexibility index (Phi) is 21.5. The summed E-state index contributed by atoms with van der Waals surface area (Å²) in [5.74, 6) is -10.2. The minimum absolute atomic E-state index is 0.197. The van der Waals surface area contributed by atoms with Gasteiger partial charge in [0, 0.05) is 11.1 Å². The second kappa shape index (κ2) is 28.1. The Morgan fingerprint density at radius 2 is 0.519 bits per heavy atom. The van der Waals surface area contributed by atoms with Gasteiger partial charge >= 0.3 is 47.8 Å². The second-order valence-electron chi connectivity index (χ2n) is 16.9. The summed E-state index contributed by atoms with van der Waals surface area (Å²) in [6.45, 7) is -9.02. The van der Waals surface area contributed by atoms with Gasteiger partial charge in [0.25, 0.3) is 0 Å². The van der Waals surface area contributed by atoms with Gasteiger partial charge in [-0.25, -0.2) is 38.4 Å². The van der Waals surface area contributed by atoms with Crippen LogP contribution in [0.5, 0.6) is 0 Å². The van der Waals surface area contributed by atoms with Crippen molar-refractivity contribution in [3.8, 4) is 0 Å². The van der Waals surface area contributed by atoms with E-state index in [2.05, 4.69) is 0 Å². The van der Waals surface area contributed by atoms with Crippen LogP contribution in [0.15, 0.2) is 121 Å². The van der Waals surface area contributed by atoms with Crippen molar-refractivity contribution in [2.75, 3.05) is 87.4 Å². The van der Waals surface area contributed by atoms with Crippen LogP contribution >= 0.6 is 0 Å². The molecule has 5 aromatic rings. The number of hydrogen-bond acceptors (Lipinski definition) is 22. The Bertz CT molecular complexity index is 2740. The summed E-state index contributed by atoms with van der Waals surface area (Å²) < 4.78 is 49.2. The van der Waals surface area contributed by atoms with Crippen LogP contribution in [0.25, 0.3) is 0 Å². The number of hydrogen-bond donors (Lipinski definition) is 3. The fourth-order valence-corrected chi connectivity index (χ4v) is 7.30. The largest absolute Gasteiger partial charge is 0.465 e. The minimum atomic E-state index is -2.07. The lowest BCUT2D eigenvalue weighted by molar-refractivity contribution is -0.110. The monoisotopic (exact) mass is 1060 g/mol. The normalized spacial score (nSPS) is 11.7. The van der Waals surface area contributed by atoms with Crippen molar-refractivity contribution in [2.24, 2.45) is 10.8 Å². The molecule has 22 nitrogen and oxygen atoms in total. The summed E-state index contributed by atoms with van der Waals surface area (Å²) in [6, 6.07) is 26.8. The standard InChI is InChI=1S/C55H52O22/c1-69-46(61)38-18-8-11-21-41(38)51(66)74-30-54(26-58,29-73-49(64)36-16-6-4-14-34(36)44(59)24-56)27-72-28-55(31-75-50(65)37-17-7-5-15-35(37)45(60)25-57,32-76-52(67)42-22-12-9-19-39(42)47(62)70-2)33-77-53(68)43-23-13-10-20-40(43)48(63)71-3/h4-23,56-58H,24-33H2,1-3H3. The van der Waals surface area contributed by atoms with E-state index in [1.165, 1.54) is 121 Å². The van der Waals surface area contributed by atoms with E-state index in [-0.39, 0.29) is 55.6 Å². The Balaban J connectivity index is 1.59. The number of aliphatic hydroxyl groups excluding tert-OH is 3. The van der Waals surface area contributed by atoms with Gasteiger partial charge in [-0.1, -0.05) is 72.8 Å². The van der Waals surface area contributed by atoms with Gasteiger partial charge in [0.2, 0.25) is 0 Å². The van der Waals surface area contributed by atoms with Crippen molar-refractivity contribution in [2.45, 2.75) is 0 Å². The van der Waals surface area contributed by atoms with E-state index < -0.39 is 136 Å². The summed E-state index contributed by atoms with van der Waals surface area (Å²) in [4.78, 5) is 133. The van der Waals surface area contributed by atoms with Gasteiger partial charge in [-0.15, -0.1) is 0 Å². The van der Waals surface area contributed by atoms with E-state index in [1.807, 2.05) is 0 Å². The zero-order chi connectivity index (χ0) is 56.1. The number of aliphatic hydroxyl groups is 3. The number of rotatable bonds is 27. The smallest absolute Gasteiger partial charge is 0.339 e. The first-order valence-corrected chi connectivity index (χ1v) is 23.0. The number of Topliss-reactive ketones (excluding diaryl/α,β-unsaturated/α-hetero) is 2. The van der Waals surface area contributed by atoms with Gasteiger partial charge in [0.1, 0.15) is 46.2 Å². The highest BCUT2D eigenvalue weighted by Gasteiger charge is 2.41. The van der Waals surface area contributed by atoms with E-state index in [0.717, 1.165) is 21.3 Å². The zero-order valence-corrected chi connectivity index (χ0v) is 41.7. The molecule has 0 spiro atoms. The number of ether oxygens (including phenoxy) is 9. The van der Waals surface area contributed by atoms with Crippen LogP contribution in [0.4, 0.5) is 0 Å². The Morgan fingerprint density at radius 3 is 0.753 bits per heavy atom. The van der Waals surface area contributed by atoms with Gasteiger partial charge in [-0.3, -0.25) is 9.59 Å². The molecule has 0 aromatic heterocycles. The Hall–Kier alpha value is -8.96. The van der Waals surface area contributed by atoms with Crippen LogP contribution in [0, 0.1) is 10.8 Å². The molecule has 0 radical (unpaired) electrons. The highest BCUT2D eigenvalue weighted by Crippen LogP contribution is 2.29. The van der Waals surface area contributed by atoms with Crippen LogP contribution in [-0.4, -0.2) is 162 Å². The predicted molar refractivity (Wildman–Crippen MR) is 263 cm³/mol. The molecule has 0 amide bonds. The molecule has 22 heteroatoms. The summed E-state index contributed by atoms with van der Waals surface area (Å²) in [5.41, 5.74) is -6.65. The molecule has 0 bridgehead atoms. The summed E-state index contributed by atoms with van der Waals surface area (Å²) in [5, 5.41) is 30.4. The van der Waals surface area contributed by atoms with Crippen LogP contribution < -0.4 is 0 Å². The molecule has 0 saturated carbocycles. The fourth-order valence-electron chi connectivity index (χ4n) is 7.30. The minimum Gasteiger partial charge on any atom is -0.465 e. The topological polar surface area (TPSA) is 314 Å². The predicted octanol–water partition coefficient (Wildman–Crippen LogP) is 3.96. The van der Waals surface area contributed by atoms with Gasteiger partial charge in [-0.05, 0) is 48.5 Å². The third-order valence-corrected chi connectivity index (χ3v) is 11.5. The summed E-state index contributed by atoms with van der Waals surface area (Å²) >= 11 is 0. The van der Waals surface area contributed by atoms with E-state index in [0.29, 0.717) is 0 Å². The second-order valence-corrected chi connectivity index (χ2v) is 16.9. The van der Waals surface area contributed by atoms with Crippen molar-refractivity contribution >= 4 is 59.3 Å². The summed E-state index contributed by atoms with van der Waals surface area (Å²) in [6.07, 6.45) is 0. The van der Waals surface area contributed by atoms with Crippen molar-refractivity contribution < 1.29 is 106 Å². The quantitative estimate of drug-likeness (QED) is 0.0381. The molecule has 1 unspecified atom stereocenters. The van der Waals surface area contributed by atoms with Crippen LogP contribution in [-0.2, 0) is 42.6 Å². The van der Waals surface area contributed by atoms with Crippen molar-refractivity contribution in [1.82, 2.24) is 0 Å². The maximum atomic E-state index is 13.9. The number of carbonyl (C=O) groups excluding carboxylic acids is 10. The third-order valence-electron chi connectivity index (χ3n) is 11.5. The Morgan fingerprint density at radius 1 is 0.312 bits per heavy atom. The molecule has 404 valence electrons. The molecule has 0 heterocycles. The molecule has 77 heavy (non-hydrogen) atoms. The molecule has 5 aromatic carbocycles. The molecule has 5 rings (SSSR count). The first-order chi connectivity index (χ1) is 37.0. The molecule has 0 aliphatic carbocycles. The highest BCUT2D eigenvalue weighted by atomic mass is 16.6. The van der Waals surface area contributed by atoms with E-state index >= 15 is 0 Å². The molecule has 3 N–H and O–H groups in total. The molecule has 0 fully saturated rings. The van der Waals surface area contributed by atoms with Gasteiger partial charge in [0.05, 0.1) is 96.5 Å². The maximum Gasteiger partial charge on any atom is 0.339 e. The SMILES string of the molecule is COC(=O)c1ccccc1C(=O)OCC(CO)(COCC(COC(=O)c1ccccc1C(=O)CO)(COC(=O)c1ccccc1C(=O)OC)COC(=O)c1ccccc1C(=O)OC)COC(=O)c1ccccc1C(=O)CO. The number of methoxy groups -OCH3 is 3.